The minimum Gasteiger partial charge on any atom is -0.399 e. The van der Waals surface area contributed by atoms with Crippen LogP contribution in [0.15, 0.2) is 23.1 Å². The molecular formula is C8H11FN2O2S. The van der Waals surface area contributed by atoms with E-state index in [1.807, 2.05) is 0 Å². The predicted octanol–water partition coefficient (Wildman–Crippen LogP) is 0.658. The Labute approximate surface area is 82.2 Å². The number of sulfonamides is 1. The van der Waals surface area contributed by atoms with E-state index < -0.39 is 15.8 Å². The molecule has 0 fully saturated rings. The summed E-state index contributed by atoms with van der Waals surface area (Å²) < 4.78 is 37.2. The number of nitrogen functional groups attached to an aromatic ring is 1. The van der Waals surface area contributed by atoms with Gasteiger partial charge in [-0.05, 0) is 18.2 Å². The van der Waals surface area contributed by atoms with Crippen molar-refractivity contribution in [2.24, 2.45) is 0 Å². The quantitative estimate of drug-likeness (QED) is 0.742. The Balaban J connectivity index is 3.35. The molecule has 0 aromatic heterocycles. The number of benzene rings is 1. The molecule has 6 heteroatoms. The Kier molecular flexibility index (Phi) is 2.77. The average Bonchev–Trinajstić information content (AvgIpc) is 2.02. The van der Waals surface area contributed by atoms with Crippen LogP contribution >= 0.6 is 0 Å². The Morgan fingerprint density at radius 2 is 1.93 bits per heavy atom. The lowest BCUT2D eigenvalue weighted by Crippen LogP contribution is -2.23. The van der Waals surface area contributed by atoms with Gasteiger partial charge in [0.05, 0.1) is 0 Å². The summed E-state index contributed by atoms with van der Waals surface area (Å²) in [5, 5.41) is 0. The van der Waals surface area contributed by atoms with Crippen molar-refractivity contribution >= 4 is 15.7 Å². The van der Waals surface area contributed by atoms with Gasteiger partial charge in [-0.15, -0.1) is 0 Å². The standard InChI is InChI=1S/C8H11FN2O2S/c1-11(2)14(12,13)8-4-3-6(10)5-7(8)9/h3-5H,10H2,1-2H3. The molecule has 0 atom stereocenters. The lowest BCUT2D eigenvalue weighted by Gasteiger charge is -2.11. The van der Waals surface area contributed by atoms with Gasteiger partial charge in [-0.2, -0.15) is 0 Å². The van der Waals surface area contributed by atoms with Crippen molar-refractivity contribution in [3.63, 3.8) is 0 Å². The number of halogens is 1. The van der Waals surface area contributed by atoms with Crippen LogP contribution in [0, 0.1) is 5.82 Å². The van der Waals surface area contributed by atoms with Crippen molar-refractivity contribution < 1.29 is 12.8 Å². The molecule has 0 aliphatic rings. The van der Waals surface area contributed by atoms with Gasteiger partial charge in [-0.25, -0.2) is 17.1 Å². The average molecular weight is 218 g/mol. The van der Waals surface area contributed by atoms with Crippen LogP contribution in [0.25, 0.3) is 0 Å². The van der Waals surface area contributed by atoms with Crippen LogP contribution in [0.3, 0.4) is 0 Å². The molecule has 1 aromatic carbocycles. The summed E-state index contributed by atoms with van der Waals surface area (Å²) in [5.74, 6) is -0.835. The molecule has 0 aliphatic heterocycles. The molecule has 0 amide bonds. The molecule has 0 spiro atoms. The summed E-state index contributed by atoms with van der Waals surface area (Å²) in [4.78, 5) is -0.364. The molecule has 78 valence electrons. The fourth-order valence-electron chi connectivity index (χ4n) is 0.923. The van der Waals surface area contributed by atoms with E-state index in [0.717, 1.165) is 16.4 Å². The maximum Gasteiger partial charge on any atom is 0.245 e. The maximum atomic E-state index is 13.2. The van der Waals surface area contributed by atoms with Gasteiger partial charge >= 0.3 is 0 Å². The molecule has 4 nitrogen and oxygen atoms in total. The van der Waals surface area contributed by atoms with Crippen molar-refractivity contribution in [2.45, 2.75) is 4.90 Å². The molecule has 1 aromatic rings. The first-order valence-electron chi connectivity index (χ1n) is 3.83. The highest BCUT2D eigenvalue weighted by Crippen LogP contribution is 2.19. The van der Waals surface area contributed by atoms with E-state index >= 15 is 0 Å². The Hall–Kier alpha value is -1.14. The molecule has 0 aliphatic carbocycles. The highest BCUT2D eigenvalue weighted by Gasteiger charge is 2.21. The second kappa shape index (κ2) is 3.55. The second-order valence-electron chi connectivity index (χ2n) is 2.98. The fourth-order valence-corrected chi connectivity index (χ4v) is 1.86. The van der Waals surface area contributed by atoms with Gasteiger partial charge in [0.1, 0.15) is 10.7 Å². The molecule has 0 saturated heterocycles. The SMILES string of the molecule is CN(C)S(=O)(=O)c1ccc(N)cc1F. The van der Waals surface area contributed by atoms with Crippen LogP contribution in [-0.4, -0.2) is 26.8 Å². The first-order valence-corrected chi connectivity index (χ1v) is 5.27. The molecule has 1 rings (SSSR count). The van der Waals surface area contributed by atoms with Crippen molar-refractivity contribution in [3.8, 4) is 0 Å². The smallest absolute Gasteiger partial charge is 0.245 e. The number of nitrogens with two attached hydrogens (primary N) is 1. The zero-order valence-corrected chi connectivity index (χ0v) is 8.68. The lowest BCUT2D eigenvalue weighted by atomic mass is 10.3. The van der Waals surface area contributed by atoms with Crippen LogP contribution < -0.4 is 5.73 Å². The Bertz CT molecular complexity index is 443. The normalized spacial score (nSPS) is 12.0. The van der Waals surface area contributed by atoms with Crippen molar-refractivity contribution in [1.29, 1.82) is 0 Å². The molecule has 2 N–H and O–H groups in total. The third-order valence-corrected chi connectivity index (χ3v) is 3.56. The van der Waals surface area contributed by atoms with Crippen LogP contribution in [0.1, 0.15) is 0 Å². The van der Waals surface area contributed by atoms with Crippen LogP contribution in [0.5, 0.6) is 0 Å². The van der Waals surface area contributed by atoms with Crippen LogP contribution in [0.2, 0.25) is 0 Å². The highest BCUT2D eigenvalue weighted by molar-refractivity contribution is 7.89. The van der Waals surface area contributed by atoms with Gasteiger partial charge in [-0.1, -0.05) is 0 Å². The first-order chi connectivity index (χ1) is 6.35. The van der Waals surface area contributed by atoms with Gasteiger partial charge in [0.2, 0.25) is 10.0 Å². The second-order valence-corrected chi connectivity index (χ2v) is 5.10. The number of hydrogen-bond acceptors (Lipinski definition) is 3. The van der Waals surface area contributed by atoms with Gasteiger partial charge in [0, 0.05) is 19.8 Å². The lowest BCUT2D eigenvalue weighted by molar-refractivity contribution is 0.508. The number of hydrogen-bond donors (Lipinski definition) is 1. The van der Waals surface area contributed by atoms with E-state index in [1.54, 1.807) is 0 Å². The third-order valence-electron chi connectivity index (χ3n) is 1.71. The topological polar surface area (TPSA) is 63.4 Å². The zero-order valence-electron chi connectivity index (χ0n) is 7.86. The summed E-state index contributed by atoms with van der Waals surface area (Å²) >= 11 is 0. The summed E-state index contributed by atoms with van der Waals surface area (Å²) in [7, 11) is -1.04. The highest BCUT2D eigenvalue weighted by atomic mass is 32.2. The van der Waals surface area contributed by atoms with Gasteiger partial charge in [0.15, 0.2) is 0 Å². The monoisotopic (exact) mass is 218 g/mol. The van der Waals surface area contributed by atoms with Gasteiger partial charge in [-0.3, -0.25) is 0 Å². The summed E-state index contributed by atoms with van der Waals surface area (Å²) in [6.45, 7) is 0. The Morgan fingerprint density at radius 1 is 1.36 bits per heavy atom. The molecule has 0 heterocycles. The van der Waals surface area contributed by atoms with Crippen molar-refractivity contribution in [1.82, 2.24) is 4.31 Å². The molecule has 0 radical (unpaired) electrons. The molecule has 0 unspecified atom stereocenters. The van der Waals surface area contributed by atoms with E-state index in [4.69, 9.17) is 5.73 Å². The van der Waals surface area contributed by atoms with E-state index in [0.29, 0.717) is 0 Å². The molecule has 0 saturated carbocycles. The fraction of sp³-hybridized carbons (Fsp3) is 0.250. The van der Waals surface area contributed by atoms with Crippen molar-refractivity contribution in [3.05, 3.63) is 24.0 Å². The number of rotatable bonds is 2. The van der Waals surface area contributed by atoms with Crippen molar-refractivity contribution in [2.75, 3.05) is 19.8 Å². The third kappa shape index (κ3) is 1.85. The largest absolute Gasteiger partial charge is 0.399 e. The predicted molar refractivity (Wildman–Crippen MR) is 51.7 cm³/mol. The Morgan fingerprint density at radius 3 is 2.36 bits per heavy atom. The molecule has 0 bridgehead atoms. The maximum absolute atomic E-state index is 13.2. The van der Waals surface area contributed by atoms with E-state index in [-0.39, 0.29) is 10.6 Å². The molecule has 14 heavy (non-hydrogen) atoms. The summed E-state index contributed by atoms with van der Waals surface area (Å²) in [6, 6.07) is 3.48. The van der Waals surface area contributed by atoms with Crippen LogP contribution in [-0.2, 0) is 10.0 Å². The summed E-state index contributed by atoms with van der Waals surface area (Å²) in [6.07, 6.45) is 0. The van der Waals surface area contributed by atoms with E-state index in [9.17, 15) is 12.8 Å². The van der Waals surface area contributed by atoms with E-state index in [1.165, 1.54) is 20.2 Å². The summed E-state index contributed by atoms with van der Waals surface area (Å²) in [5.41, 5.74) is 5.49. The first kappa shape index (κ1) is 10.9. The minimum absolute atomic E-state index is 0.195. The zero-order chi connectivity index (χ0) is 10.9. The van der Waals surface area contributed by atoms with Gasteiger partial charge in [0.25, 0.3) is 0 Å². The van der Waals surface area contributed by atoms with Gasteiger partial charge < -0.3 is 5.73 Å². The van der Waals surface area contributed by atoms with E-state index in [2.05, 4.69) is 0 Å². The molecular weight excluding hydrogens is 207 g/mol. The minimum atomic E-state index is -3.72. The number of nitrogens with zero attached hydrogens (tertiary/aromatic N) is 1. The number of anilines is 1. The van der Waals surface area contributed by atoms with Crippen LogP contribution in [0.4, 0.5) is 10.1 Å².